The molecular formula is C17H22N2O4S. The summed E-state index contributed by atoms with van der Waals surface area (Å²) >= 11 is 1.58. The van der Waals surface area contributed by atoms with E-state index in [0.29, 0.717) is 29.3 Å². The first-order valence-corrected chi connectivity index (χ1v) is 9.15. The summed E-state index contributed by atoms with van der Waals surface area (Å²) in [5.74, 6) is 0.0875. The van der Waals surface area contributed by atoms with Gasteiger partial charge in [-0.1, -0.05) is 25.5 Å². The van der Waals surface area contributed by atoms with Crippen molar-refractivity contribution in [3.63, 3.8) is 0 Å². The van der Waals surface area contributed by atoms with Gasteiger partial charge in [0.2, 0.25) is 11.8 Å². The van der Waals surface area contributed by atoms with Gasteiger partial charge in [-0.3, -0.25) is 14.4 Å². The Morgan fingerprint density at radius 3 is 2.62 bits per heavy atom. The molecule has 2 N–H and O–H groups in total. The molecule has 130 valence electrons. The largest absolute Gasteiger partial charge is 0.481 e. The molecular weight excluding hydrogens is 328 g/mol. The smallest absolute Gasteiger partial charge is 0.307 e. The highest BCUT2D eigenvalue weighted by atomic mass is 32.2. The maximum atomic E-state index is 12.5. The number of unbranched alkanes of at least 4 members (excludes halogenated alkanes) is 1. The van der Waals surface area contributed by atoms with E-state index in [0.717, 1.165) is 12.8 Å². The highest BCUT2D eigenvalue weighted by Crippen LogP contribution is 2.23. The molecule has 0 spiro atoms. The molecule has 6 nitrogen and oxygen atoms in total. The van der Waals surface area contributed by atoms with Gasteiger partial charge >= 0.3 is 5.97 Å². The summed E-state index contributed by atoms with van der Waals surface area (Å²) in [6.07, 6.45) is 2.21. The standard InChI is InChI=1S/C17H22N2O4S/c1-2-3-4-15(20)19-11-24-10-14(19)17(23)18-13-7-5-12(6-8-13)9-16(21)22/h5-8,14H,2-4,9-11H2,1H3,(H,18,23)(H,21,22). The van der Waals surface area contributed by atoms with Crippen LogP contribution in [-0.4, -0.2) is 45.5 Å². The Bertz CT molecular complexity index is 603. The topological polar surface area (TPSA) is 86.7 Å². The molecule has 1 aromatic carbocycles. The predicted molar refractivity (Wildman–Crippen MR) is 93.9 cm³/mol. The van der Waals surface area contributed by atoms with E-state index in [-0.39, 0.29) is 18.2 Å². The maximum absolute atomic E-state index is 12.5. The lowest BCUT2D eigenvalue weighted by molar-refractivity contribution is -0.136. The van der Waals surface area contributed by atoms with E-state index in [1.54, 1.807) is 40.9 Å². The molecule has 1 unspecified atom stereocenters. The molecule has 1 aromatic rings. The number of thioether (sulfide) groups is 1. The normalized spacial score (nSPS) is 16.9. The Morgan fingerprint density at radius 2 is 2.00 bits per heavy atom. The number of carbonyl (C=O) groups excluding carboxylic acids is 2. The number of nitrogens with one attached hydrogen (secondary N) is 1. The summed E-state index contributed by atoms with van der Waals surface area (Å²) in [7, 11) is 0. The van der Waals surface area contributed by atoms with Gasteiger partial charge in [0, 0.05) is 17.9 Å². The lowest BCUT2D eigenvalue weighted by Gasteiger charge is -2.23. The van der Waals surface area contributed by atoms with Crippen LogP contribution in [0.25, 0.3) is 0 Å². The summed E-state index contributed by atoms with van der Waals surface area (Å²) in [6.45, 7) is 2.03. The van der Waals surface area contributed by atoms with Crippen molar-refractivity contribution >= 4 is 35.2 Å². The average molecular weight is 350 g/mol. The number of carboxylic acids is 1. The highest BCUT2D eigenvalue weighted by molar-refractivity contribution is 7.99. The van der Waals surface area contributed by atoms with Gasteiger partial charge in [0.1, 0.15) is 6.04 Å². The molecule has 0 radical (unpaired) electrons. The van der Waals surface area contributed by atoms with E-state index in [4.69, 9.17) is 5.11 Å². The van der Waals surface area contributed by atoms with Crippen molar-refractivity contribution in [3.8, 4) is 0 Å². The van der Waals surface area contributed by atoms with Gasteiger partial charge in [-0.2, -0.15) is 0 Å². The van der Waals surface area contributed by atoms with Crippen LogP contribution in [0.4, 0.5) is 5.69 Å². The fourth-order valence-electron chi connectivity index (χ4n) is 2.48. The van der Waals surface area contributed by atoms with Gasteiger partial charge in [-0.15, -0.1) is 11.8 Å². The third-order valence-electron chi connectivity index (χ3n) is 3.83. The van der Waals surface area contributed by atoms with Crippen LogP contribution < -0.4 is 5.32 Å². The molecule has 0 aromatic heterocycles. The van der Waals surface area contributed by atoms with Gasteiger partial charge in [-0.25, -0.2) is 0 Å². The lowest BCUT2D eigenvalue weighted by atomic mass is 10.1. The van der Waals surface area contributed by atoms with Gasteiger partial charge in [0.25, 0.3) is 0 Å². The van der Waals surface area contributed by atoms with E-state index in [9.17, 15) is 14.4 Å². The number of nitrogens with zero attached hydrogens (tertiary/aromatic N) is 1. The molecule has 1 saturated heterocycles. The minimum Gasteiger partial charge on any atom is -0.481 e. The zero-order valence-electron chi connectivity index (χ0n) is 13.7. The first-order chi connectivity index (χ1) is 11.5. The molecule has 1 aliphatic heterocycles. The van der Waals surface area contributed by atoms with Crippen LogP contribution in [0.3, 0.4) is 0 Å². The number of anilines is 1. The number of benzene rings is 1. The lowest BCUT2D eigenvalue weighted by Crippen LogP contribution is -2.44. The van der Waals surface area contributed by atoms with Crippen LogP contribution in [0.2, 0.25) is 0 Å². The van der Waals surface area contributed by atoms with Crippen molar-refractivity contribution in [2.24, 2.45) is 0 Å². The summed E-state index contributed by atoms with van der Waals surface area (Å²) in [5.41, 5.74) is 1.28. The number of carboxylic acid groups (broad SMARTS) is 1. The quantitative estimate of drug-likeness (QED) is 0.788. The van der Waals surface area contributed by atoms with Crippen molar-refractivity contribution < 1.29 is 19.5 Å². The molecule has 1 heterocycles. The molecule has 2 rings (SSSR count). The highest BCUT2D eigenvalue weighted by Gasteiger charge is 2.34. The number of hydrogen-bond donors (Lipinski definition) is 2. The Hall–Kier alpha value is -2.02. The van der Waals surface area contributed by atoms with Gasteiger partial charge in [-0.05, 0) is 24.1 Å². The maximum Gasteiger partial charge on any atom is 0.307 e. The molecule has 2 amide bonds. The van der Waals surface area contributed by atoms with Gasteiger partial charge < -0.3 is 15.3 Å². The molecule has 7 heteroatoms. The molecule has 0 bridgehead atoms. The number of aliphatic carboxylic acids is 1. The van der Waals surface area contributed by atoms with Crippen LogP contribution in [0.15, 0.2) is 24.3 Å². The monoisotopic (exact) mass is 350 g/mol. The second-order valence-corrected chi connectivity index (χ2v) is 6.74. The molecule has 24 heavy (non-hydrogen) atoms. The fourth-order valence-corrected chi connectivity index (χ4v) is 3.66. The second kappa shape index (κ2) is 8.73. The number of hydrogen-bond acceptors (Lipinski definition) is 4. The third kappa shape index (κ3) is 4.99. The Balaban J connectivity index is 1.95. The predicted octanol–water partition coefficient (Wildman–Crippen LogP) is 2.34. The first kappa shape index (κ1) is 18.3. The summed E-state index contributed by atoms with van der Waals surface area (Å²) in [6, 6.07) is 6.27. The van der Waals surface area contributed by atoms with Crippen molar-refractivity contribution in [1.82, 2.24) is 4.90 Å². The van der Waals surface area contributed by atoms with Crippen LogP contribution in [0.1, 0.15) is 31.7 Å². The van der Waals surface area contributed by atoms with Crippen molar-refractivity contribution in [3.05, 3.63) is 29.8 Å². The number of carbonyl (C=O) groups is 3. The number of amides is 2. The summed E-state index contributed by atoms with van der Waals surface area (Å²) in [4.78, 5) is 37.0. The van der Waals surface area contributed by atoms with E-state index < -0.39 is 12.0 Å². The van der Waals surface area contributed by atoms with Crippen LogP contribution in [-0.2, 0) is 20.8 Å². The summed E-state index contributed by atoms with van der Waals surface area (Å²) in [5, 5.41) is 11.6. The van der Waals surface area contributed by atoms with Crippen LogP contribution >= 0.6 is 11.8 Å². The summed E-state index contributed by atoms with van der Waals surface area (Å²) < 4.78 is 0. The van der Waals surface area contributed by atoms with E-state index in [2.05, 4.69) is 5.32 Å². The Labute approximate surface area is 145 Å². The number of rotatable bonds is 7. The molecule has 0 saturated carbocycles. The minimum atomic E-state index is -0.893. The van der Waals surface area contributed by atoms with Gasteiger partial charge in [0.05, 0.1) is 12.3 Å². The van der Waals surface area contributed by atoms with Crippen molar-refractivity contribution in [2.75, 3.05) is 16.9 Å². The Kier molecular flexibility index (Phi) is 6.66. The fraction of sp³-hybridized carbons (Fsp3) is 0.471. The minimum absolute atomic E-state index is 0.0267. The molecule has 1 aliphatic rings. The van der Waals surface area contributed by atoms with E-state index >= 15 is 0 Å². The van der Waals surface area contributed by atoms with Gasteiger partial charge in [0.15, 0.2) is 0 Å². The van der Waals surface area contributed by atoms with Crippen molar-refractivity contribution in [1.29, 1.82) is 0 Å². The molecule has 0 aliphatic carbocycles. The van der Waals surface area contributed by atoms with E-state index in [1.807, 2.05) is 6.92 Å². The zero-order chi connectivity index (χ0) is 17.5. The average Bonchev–Trinajstić information content (AvgIpc) is 3.03. The molecule has 1 fully saturated rings. The Morgan fingerprint density at radius 1 is 1.29 bits per heavy atom. The zero-order valence-corrected chi connectivity index (χ0v) is 14.5. The van der Waals surface area contributed by atoms with Crippen LogP contribution in [0.5, 0.6) is 0 Å². The van der Waals surface area contributed by atoms with Crippen molar-refractivity contribution in [2.45, 2.75) is 38.6 Å². The van der Waals surface area contributed by atoms with E-state index in [1.165, 1.54) is 0 Å². The van der Waals surface area contributed by atoms with Crippen LogP contribution in [0, 0.1) is 0 Å². The third-order valence-corrected chi connectivity index (χ3v) is 4.84. The first-order valence-electron chi connectivity index (χ1n) is 8.00. The SMILES string of the molecule is CCCCC(=O)N1CSCC1C(=O)Nc1ccc(CC(=O)O)cc1. The second-order valence-electron chi connectivity index (χ2n) is 5.74. The molecule has 1 atom stereocenters.